The molecule has 1 heterocycles. The molecule has 4 nitrogen and oxygen atoms in total. The number of amides is 1. The van der Waals surface area contributed by atoms with Crippen molar-refractivity contribution in [2.24, 2.45) is 0 Å². The van der Waals surface area contributed by atoms with E-state index in [2.05, 4.69) is 5.32 Å². The van der Waals surface area contributed by atoms with Crippen LogP contribution in [0.2, 0.25) is 0 Å². The molecule has 0 aromatic carbocycles. The molecule has 0 radical (unpaired) electrons. The number of ether oxygens (including phenoxy) is 1. The Morgan fingerprint density at radius 2 is 2.10 bits per heavy atom. The van der Waals surface area contributed by atoms with E-state index >= 15 is 0 Å². The number of hydrogen-bond acceptors (Lipinski definition) is 3. The highest BCUT2D eigenvalue weighted by Crippen LogP contribution is 2.11. The maximum absolute atomic E-state index is 10.7. The first-order chi connectivity index (χ1) is 4.49. The van der Waals surface area contributed by atoms with E-state index in [0.29, 0.717) is 0 Å². The van der Waals surface area contributed by atoms with E-state index in [0.717, 1.165) is 0 Å². The van der Waals surface area contributed by atoms with E-state index in [9.17, 15) is 9.59 Å². The van der Waals surface area contributed by atoms with Gasteiger partial charge in [-0.2, -0.15) is 0 Å². The molecule has 1 fully saturated rings. The van der Waals surface area contributed by atoms with Crippen molar-refractivity contribution in [1.82, 2.24) is 5.32 Å². The van der Waals surface area contributed by atoms with E-state index in [-0.39, 0.29) is 12.3 Å². The first-order valence-corrected chi connectivity index (χ1v) is 3.02. The van der Waals surface area contributed by atoms with Gasteiger partial charge in [-0.3, -0.25) is 9.59 Å². The van der Waals surface area contributed by atoms with Crippen LogP contribution in [0.1, 0.15) is 20.3 Å². The Morgan fingerprint density at radius 1 is 1.50 bits per heavy atom. The molecule has 0 spiro atoms. The molecule has 1 N–H and O–H groups in total. The van der Waals surface area contributed by atoms with Crippen LogP contribution in [0, 0.1) is 0 Å². The van der Waals surface area contributed by atoms with Gasteiger partial charge in [-0.05, 0) is 13.8 Å². The smallest absolute Gasteiger partial charge is 0.317 e. The number of carbonyl (C=O) groups excluding carboxylic acids is 2. The van der Waals surface area contributed by atoms with Crippen molar-refractivity contribution in [2.45, 2.75) is 26.0 Å². The summed E-state index contributed by atoms with van der Waals surface area (Å²) in [6, 6.07) is 0. The van der Waals surface area contributed by atoms with Crippen molar-refractivity contribution in [3.63, 3.8) is 0 Å². The van der Waals surface area contributed by atoms with Gasteiger partial charge in [-0.15, -0.1) is 0 Å². The maximum Gasteiger partial charge on any atom is 0.317 e. The Kier molecular flexibility index (Phi) is 1.39. The van der Waals surface area contributed by atoms with Crippen molar-refractivity contribution in [2.75, 3.05) is 0 Å². The number of nitrogens with one attached hydrogen (secondary N) is 1. The molecule has 0 bridgehead atoms. The van der Waals surface area contributed by atoms with Crippen LogP contribution in [-0.2, 0) is 14.3 Å². The summed E-state index contributed by atoms with van der Waals surface area (Å²) in [7, 11) is 0. The zero-order chi connectivity index (χ0) is 7.78. The minimum atomic E-state index is -0.827. The Hall–Kier alpha value is -1.06. The van der Waals surface area contributed by atoms with Crippen LogP contribution in [0.4, 0.5) is 0 Å². The van der Waals surface area contributed by atoms with Crippen molar-refractivity contribution in [3.05, 3.63) is 0 Å². The molecule has 0 aliphatic carbocycles. The SMILES string of the molecule is CC1(C)NC(=O)CC(=O)O1. The first kappa shape index (κ1) is 7.05. The second-order valence-electron chi connectivity index (χ2n) is 2.71. The van der Waals surface area contributed by atoms with Gasteiger partial charge in [0.05, 0.1) is 0 Å². The number of cyclic esters (lactones) is 1. The summed E-state index contributed by atoms with van der Waals surface area (Å²) in [5.41, 5.74) is -0.827. The monoisotopic (exact) mass is 143 g/mol. The molecular weight excluding hydrogens is 134 g/mol. The fourth-order valence-electron chi connectivity index (χ4n) is 0.857. The van der Waals surface area contributed by atoms with E-state index in [1.54, 1.807) is 13.8 Å². The summed E-state index contributed by atoms with van der Waals surface area (Å²) in [6.45, 7) is 3.25. The highest BCUT2D eigenvalue weighted by Gasteiger charge is 2.31. The van der Waals surface area contributed by atoms with Crippen LogP contribution in [0.15, 0.2) is 0 Å². The van der Waals surface area contributed by atoms with Gasteiger partial charge in [0, 0.05) is 0 Å². The van der Waals surface area contributed by atoms with Crippen LogP contribution >= 0.6 is 0 Å². The largest absolute Gasteiger partial charge is 0.439 e. The van der Waals surface area contributed by atoms with Gasteiger partial charge in [0.15, 0.2) is 5.72 Å². The lowest BCUT2D eigenvalue weighted by Gasteiger charge is -2.29. The molecule has 1 rings (SSSR count). The van der Waals surface area contributed by atoms with Gasteiger partial charge in [-0.1, -0.05) is 0 Å². The third-order valence-corrected chi connectivity index (χ3v) is 1.11. The highest BCUT2D eigenvalue weighted by molar-refractivity contribution is 5.96. The maximum atomic E-state index is 10.7. The van der Waals surface area contributed by atoms with Gasteiger partial charge in [0.1, 0.15) is 6.42 Å². The average molecular weight is 143 g/mol. The van der Waals surface area contributed by atoms with Gasteiger partial charge in [0.25, 0.3) is 0 Å². The van der Waals surface area contributed by atoms with Gasteiger partial charge >= 0.3 is 5.97 Å². The van der Waals surface area contributed by atoms with Crippen LogP contribution in [-0.4, -0.2) is 17.6 Å². The highest BCUT2D eigenvalue weighted by atomic mass is 16.6. The fourth-order valence-corrected chi connectivity index (χ4v) is 0.857. The molecule has 1 saturated heterocycles. The van der Waals surface area contributed by atoms with E-state index < -0.39 is 11.7 Å². The van der Waals surface area contributed by atoms with E-state index in [4.69, 9.17) is 4.74 Å². The van der Waals surface area contributed by atoms with Crippen LogP contribution in [0.3, 0.4) is 0 Å². The van der Waals surface area contributed by atoms with Crippen LogP contribution in [0.5, 0.6) is 0 Å². The van der Waals surface area contributed by atoms with Crippen molar-refractivity contribution >= 4 is 11.9 Å². The third kappa shape index (κ3) is 1.46. The topological polar surface area (TPSA) is 55.4 Å². The van der Waals surface area contributed by atoms with Crippen molar-refractivity contribution in [3.8, 4) is 0 Å². The molecule has 0 aromatic heterocycles. The lowest BCUT2D eigenvalue weighted by molar-refractivity contribution is -0.170. The predicted octanol–water partition coefficient (Wildman–Crippen LogP) is -0.214. The summed E-state index contributed by atoms with van der Waals surface area (Å²) < 4.78 is 4.77. The van der Waals surface area contributed by atoms with Crippen molar-refractivity contribution in [1.29, 1.82) is 0 Å². The van der Waals surface area contributed by atoms with Crippen molar-refractivity contribution < 1.29 is 14.3 Å². The Morgan fingerprint density at radius 3 is 2.50 bits per heavy atom. The summed E-state index contributed by atoms with van der Waals surface area (Å²) in [4.78, 5) is 21.3. The standard InChI is InChI=1S/C6H9NO3/c1-6(2)7-4(8)3-5(9)10-6/h3H2,1-2H3,(H,7,8). The van der Waals surface area contributed by atoms with Gasteiger partial charge in [-0.25, -0.2) is 0 Å². The molecule has 1 aliphatic rings. The lowest BCUT2D eigenvalue weighted by atomic mass is 10.2. The summed E-state index contributed by atoms with van der Waals surface area (Å²) in [5, 5.41) is 2.50. The Balaban J connectivity index is 2.68. The molecule has 10 heavy (non-hydrogen) atoms. The molecule has 56 valence electrons. The second kappa shape index (κ2) is 1.97. The molecule has 1 amide bonds. The van der Waals surface area contributed by atoms with Gasteiger partial charge < -0.3 is 10.1 Å². The van der Waals surface area contributed by atoms with E-state index in [1.807, 2.05) is 0 Å². The second-order valence-corrected chi connectivity index (χ2v) is 2.71. The van der Waals surface area contributed by atoms with Gasteiger partial charge in [0.2, 0.25) is 5.91 Å². The Labute approximate surface area is 58.5 Å². The quantitative estimate of drug-likeness (QED) is 0.377. The molecule has 0 saturated carbocycles. The molecule has 1 aliphatic heterocycles. The molecule has 4 heteroatoms. The molecule has 0 atom stereocenters. The normalized spacial score (nSPS) is 23.4. The zero-order valence-electron chi connectivity index (χ0n) is 5.93. The third-order valence-electron chi connectivity index (χ3n) is 1.11. The van der Waals surface area contributed by atoms with Crippen LogP contribution in [0.25, 0.3) is 0 Å². The predicted molar refractivity (Wildman–Crippen MR) is 32.9 cm³/mol. The number of rotatable bonds is 0. The minimum Gasteiger partial charge on any atom is -0.439 e. The van der Waals surface area contributed by atoms with Crippen LogP contribution < -0.4 is 5.32 Å². The Bertz CT molecular complexity index is 167. The molecular formula is C6H9NO3. The fraction of sp³-hybridized carbons (Fsp3) is 0.667. The number of esters is 1. The summed E-state index contributed by atoms with van der Waals surface area (Å²) in [6.07, 6.45) is -0.163. The summed E-state index contributed by atoms with van der Waals surface area (Å²) >= 11 is 0. The summed E-state index contributed by atoms with van der Waals surface area (Å²) in [5.74, 6) is -0.741. The molecule has 0 unspecified atom stereocenters. The zero-order valence-corrected chi connectivity index (χ0v) is 5.93. The number of hydrogen-bond donors (Lipinski definition) is 1. The average Bonchev–Trinajstić information content (AvgIpc) is 1.54. The molecule has 0 aromatic rings. The van der Waals surface area contributed by atoms with E-state index in [1.165, 1.54) is 0 Å². The lowest BCUT2D eigenvalue weighted by Crippen LogP contribution is -2.52. The first-order valence-electron chi connectivity index (χ1n) is 3.02. The minimum absolute atomic E-state index is 0.163. The number of carbonyl (C=O) groups is 2.